The number of carbonyl (C=O) groups is 2. The van der Waals surface area contributed by atoms with E-state index in [9.17, 15) is 9.59 Å². The third kappa shape index (κ3) is 4.14. The summed E-state index contributed by atoms with van der Waals surface area (Å²) in [5.41, 5.74) is 1.08. The quantitative estimate of drug-likeness (QED) is 0.885. The second-order valence-electron chi connectivity index (χ2n) is 4.50. The van der Waals surface area contributed by atoms with E-state index >= 15 is 0 Å². The average Bonchev–Trinajstić information content (AvgIpc) is 2.52. The monoisotopic (exact) mass is 284 g/mol. The topological polar surface area (TPSA) is 70.5 Å². The molecule has 2 rings (SSSR count). The van der Waals surface area contributed by atoms with Crippen molar-refractivity contribution in [3.05, 3.63) is 60.4 Å². The van der Waals surface area contributed by atoms with Gasteiger partial charge in [-0.25, -0.2) is 0 Å². The zero-order valence-corrected chi connectivity index (χ0v) is 11.5. The highest BCUT2D eigenvalue weighted by atomic mass is 16.4. The Bertz CT molecular complexity index is 599. The highest BCUT2D eigenvalue weighted by Crippen LogP contribution is 2.17. The molecule has 0 saturated heterocycles. The molecule has 0 spiro atoms. The molecule has 0 aliphatic heterocycles. The lowest BCUT2D eigenvalue weighted by molar-refractivity contribution is -0.137. The first-order valence-electron chi connectivity index (χ1n) is 6.68. The van der Waals surface area contributed by atoms with Crippen LogP contribution in [0.15, 0.2) is 54.7 Å². The minimum atomic E-state index is -0.867. The summed E-state index contributed by atoms with van der Waals surface area (Å²) in [6, 6.07) is 14.3. The van der Waals surface area contributed by atoms with Gasteiger partial charge in [-0.3, -0.25) is 14.6 Å². The Kier molecular flexibility index (Phi) is 5.04. The van der Waals surface area contributed by atoms with Gasteiger partial charge in [-0.15, -0.1) is 0 Å². The molecule has 2 aromatic rings. The summed E-state index contributed by atoms with van der Waals surface area (Å²) in [6.07, 6.45) is 1.98. The summed E-state index contributed by atoms with van der Waals surface area (Å²) < 4.78 is 0. The number of nitrogens with zero attached hydrogens (tertiary/aromatic N) is 2. The lowest BCUT2D eigenvalue weighted by Gasteiger charge is -2.22. The number of hydrogen-bond donors (Lipinski definition) is 1. The normalized spacial score (nSPS) is 10.1. The van der Waals surface area contributed by atoms with Crippen LogP contribution in [0.25, 0.3) is 0 Å². The summed E-state index contributed by atoms with van der Waals surface area (Å²) in [5, 5.41) is 8.74. The molecule has 1 heterocycles. The average molecular weight is 284 g/mol. The minimum Gasteiger partial charge on any atom is -0.481 e. The number of rotatable bonds is 6. The van der Waals surface area contributed by atoms with Crippen LogP contribution in [0.1, 0.15) is 23.3 Å². The standard InChI is InChI=1S/C16H16N2O3/c19-15(20)10-6-12-18(13-7-2-1-3-8-13)16(21)14-9-4-5-11-17-14/h1-5,7-9,11H,6,10,12H2,(H,19,20). The molecule has 1 aromatic carbocycles. The largest absolute Gasteiger partial charge is 0.481 e. The van der Waals surface area contributed by atoms with E-state index in [0.29, 0.717) is 18.7 Å². The zero-order valence-electron chi connectivity index (χ0n) is 11.5. The lowest BCUT2D eigenvalue weighted by Crippen LogP contribution is -2.32. The molecule has 21 heavy (non-hydrogen) atoms. The van der Waals surface area contributed by atoms with Crippen LogP contribution in [-0.2, 0) is 4.79 Å². The maximum atomic E-state index is 12.5. The predicted molar refractivity (Wildman–Crippen MR) is 79.2 cm³/mol. The molecule has 1 aromatic heterocycles. The smallest absolute Gasteiger partial charge is 0.303 e. The van der Waals surface area contributed by atoms with Gasteiger partial charge in [0.25, 0.3) is 5.91 Å². The Morgan fingerprint density at radius 1 is 1.05 bits per heavy atom. The molecule has 0 fully saturated rings. The molecule has 0 unspecified atom stereocenters. The van der Waals surface area contributed by atoms with Gasteiger partial charge in [0, 0.05) is 24.8 Å². The number of benzene rings is 1. The molecule has 1 amide bonds. The van der Waals surface area contributed by atoms with Gasteiger partial charge in [-0.1, -0.05) is 24.3 Å². The second-order valence-corrected chi connectivity index (χ2v) is 4.50. The van der Waals surface area contributed by atoms with Gasteiger partial charge >= 0.3 is 5.97 Å². The van der Waals surface area contributed by atoms with Gasteiger partial charge < -0.3 is 10.0 Å². The van der Waals surface area contributed by atoms with E-state index in [2.05, 4.69) is 4.98 Å². The van der Waals surface area contributed by atoms with Crippen molar-refractivity contribution in [2.45, 2.75) is 12.8 Å². The zero-order chi connectivity index (χ0) is 15.1. The van der Waals surface area contributed by atoms with Crippen LogP contribution in [0, 0.1) is 0 Å². The van der Waals surface area contributed by atoms with Crippen molar-refractivity contribution in [1.29, 1.82) is 0 Å². The SMILES string of the molecule is O=C(O)CCCN(C(=O)c1ccccn1)c1ccccc1. The number of aromatic nitrogens is 1. The Morgan fingerprint density at radius 2 is 1.76 bits per heavy atom. The van der Waals surface area contributed by atoms with Gasteiger partial charge in [0.1, 0.15) is 5.69 Å². The third-order valence-electron chi connectivity index (χ3n) is 2.97. The van der Waals surface area contributed by atoms with Crippen LogP contribution in [0.3, 0.4) is 0 Å². The van der Waals surface area contributed by atoms with Crippen molar-refractivity contribution in [3.63, 3.8) is 0 Å². The third-order valence-corrected chi connectivity index (χ3v) is 2.97. The molecule has 5 heteroatoms. The number of anilines is 1. The maximum Gasteiger partial charge on any atom is 0.303 e. The van der Waals surface area contributed by atoms with Crippen molar-refractivity contribution in [1.82, 2.24) is 4.98 Å². The molecule has 108 valence electrons. The van der Waals surface area contributed by atoms with Gasteiger partial charge in [-0.05, 0) is 30.7 Å². The number of aliphatic carboxylic acids is 1. The van der Waals surface area contributed by atoms with E-state index in [0.717, 1.165) is 5.69 Å². The van der Waals surface area contributed by atoms with E-state index in [-0.39, 0.29) is 12.3 Å². The fraction of sp³-hybridized carbons (Fsp3) is 0.188. The van der Waals surface area contributed by atoms with Crippen molar-refractivity contribution < 1.29 is 14.7 Å². The van der Waals surface area contributed by atoms with Crippen LogP contribution in [0.4, 0.5) is 5.69 Å². The number of hydrogen-bond acceptors (Lipinski definition) is 3. The first kappa shape index (κ1) is 14.7. The number of carboxylic acid groups (broad SMARTS) is 1. The van der Waals surface area contributed by atoms with Crippen LogP contribution in [0.5, 0.6) is 0 Å². The van der Waals surface area contributed by atoms with Gasteiger partial charge in [0.05, 0.1) is 0 Å². The van der Waals surface area contributed by atoms with E-state index in [1.54, 1.807) is 29.3 Å². The fourth-order valence-electron chi connectivity index (χ4n) is 1.97. The highest BCUT2D eigenvalue weighted by Gasteiger charge is 2.18. The van der Waals surface area contributed by atoms with E-state index in [4.69, 9.17) is 5.11 Å². The van der Waals surface area contributed by atoms with Crippen molar-refractivity contribution in [2.24, 2.45) is 0 Å². The molecule has 0 aliphatic carbocycles. The van der Waals surface area contributed by atoms with E-state index in [1.807, 2.05) is 30.3 Å². The maximum absolute atomic E-state index is 12.5. The number of carbonyl (C=O) groups excluding carboxylic acids is 1. The number of para-hydroxylation sites is 1. The molecule has 0 aliphatic rings. The Labute approximate surface area is 122 Å². The number of pyridine rings is 1. The summed E-state index contributed by atoms with van der Waals surface area (Å²) in [5.74, 6) is -1.10. The predicted octanol–water partition coefficient (Wildman–Crippen LogP) is 2.59. The van der Waals surface area contributed by atoms with Crippen molar-refractivity contribution >= 4 is 17.6 Å². The van der Waals surface area contributed by atoms with Gasteiger partial charge in [0.15, 0.2) is 0 Å². The summed E-state index contributed by atoms with van der Waals surface area (Å²) in [4.78, 5) is 28.8. The van der Waals surface area contributed by atoms with E-state index < -0.39 is 5.97 Å². The summed E-state index contributed by atoms with van der Waals surface area (Å²) in [6.45, 7) is 0.339. The lowest BCUT2D eigenvalue weighted by atomic mass is 10.2. The Morgan fingerprint density at radius 3 is 2.38 bits per heavy atom. The van der Waals surface area contributed by atoms with Crippen molar-refractivity contribution in [2.75, 3.05) is 11.4 Å². The Balaban J connectivity index is 2.19. The van der Waals surface area contributed by atoms with Crippen molar-refractivity contribution in [3.8, 4) is 0 Å². The molecular weight excluding hydrogens is 268 g/mol. The molecular formula is C16H16N2O3. The summed E-state index contributed by atoms with van der Waals surface area (Å²) >= 11 is 0. The molecule has 0 atom stereocenters. The van der Waals surface area contributed by atoms with Crippen LogP contribution >= 0.6 is 0 Å². The number of carboxylic acids is 1. The van der Waals surface area contributed by atoms with Gasteiger partial charge in [0.2, 0.25) is 0 Å². The van der Waals surface area contributed by atoms with Gasteiger partial charge in [-0.2, -0.15) is 0 Å². The first-order chi connectivity index (χ1) is 10.2. The molecule has 0 bridgehead atoms. The molecule has 0 radical (unpaired) electrons. The minimum absolute atomic E-state index is 0.0266. The van der Waals surface area contributed by atoms with Crippen LogP contribution in [-0.4, -0.2) is 28.5 Å². The molecule has 1 N–H and O–H groups in total. The first-order valence-corrected chi connectivity index (χ1v) is 6.68. The fourth-order valence-corrected chi connectivity index (χ4v) is 1.97. The van der Waals surface area contributed by atoms with Crippen LogP contribution in [0.2, 0.25) is 0 Å². The Hall–Kier alpha value is -2.69. The van der Waals surface area contributed by atoms with Crippen LogP contribution < -0.4 is 4.90 Å². The highest BCUT2D eigenvalue weighted by molar-refractivity contribution is 6.04. The van der Waals surface area contributed by atoms with E-state index in [1.165, 1.54) is 0 Å². The second kappa shape index (κ2) is 7.19. The summed E-state index contributed by atoms with van der Waals surface area (Å²) in [7, 11) is 0. The molecule has 0 saturated carbocycles. The molecule has 5 nitrogen and oxygen atoms in total. The number of amides is 1.